The van der Waals surface area contributed by atoms with E-state index in [1.807, 2.05) is 0 Å². The van der Waals surface area contributed by atoms with Gasteiger partial charge in [0.2, 0.25) is 0 Å². The Morgan fingerprint density at radius 3 is 2.14 bits per heavy atom. The zero-order valence-corrected chi connectivity index (χ0v) is 9.48. The maximum absolute atomic E-state index is 11.1. The number of hydrogen-bond donors (Lipinski definition) is 1. The van der Waals surface area contributed by atoms with Gasteiger partial charge in [-0.25, -0.2) is 0 Å². The average Bonchev–Trinajstić information content (AvgIpc) is 2.47. The lowest BCUT2D eigenvalue weighted by atomic mass is 10.0. The molecule has 1 saturated carbocycles. The summed E-state index contributed by atoms with van der Waals surface area (Å²) in [5.41, 5.74) is 1.83. The summed E-state index contributed by atoms with van der Waals surface area (Å²) in [6.45, 7) is 9.12. The molecule has 2 aliphatic carbocycles. The van der Waals surface area contributed by atoms with Gasteiger partial charge in [0.05, 0.1) is 0 Å². The summed E-state index contributed by atoms with van der Waals surface area (Å²) >= 11 is 0. The molecule has 0 radical (unpaired) electrons. The molecular formula is C12H19NO. The van der Waals surface area contributed by atoms with Crippen molar-refractivity contribution in [3.63, 3.8) is 0 Å². The quantitative estimate of drug-likeness (QED) is 0.729. The lowest BCUT2D eigenvalue weighted by Crippen LogP contribution is -2.20. The first-order valence-corrected chi connectivity index (χ1v) is 5.35. The van der Waals surface area contributed by atoms with Crippen LogP contribution in [0.15, 0.2) is 11.8 Å². The maximum atomic E-state index is 11.1. The first-order chi connectivity index (χ1) is 6.35. The largest absolute Gasteiger partial charge is 0.384 e. The van der Waals surface area contributed by atoms with Crippen molar-refractivity contribution in [2.45, 2.75) is 46.6 Å². The summed E-state index contributed by atoms with van der Waals surface area (Å²) in [4.78, 5) is 11.1. The van der Waals surface area contributed by atoms with Crippen molar-refractivity contribution >= 4 is 5.78 Å². The van der Waals surface area contributed by atoms with E-state index in [1.54, 1.807) is 6.08 Å². The van der Waals surface area contributed by atoms with E-state index in [0.29, 0.717) is 23.3 Å². The first kappa shape index (κ1) is 9.75. The topological polar surface area (TPSA) is 29.1 Å². The number of hydrogen-bond acceptors (Lipinski definition) is 2. The molecular weight excluding hydrogens is 174 g/mol. The molecule has 0 aliphatic heterocycles. The van der Waals surface area contributed by atoms with Gasteiger partial charge in [-0.15, -0.1) is 0 Å². The Hall–Kier alpha value is -0.790. The maximum Gasteiger partial charge on any atom is 0.157 e. The van der Waals surface area contributed by atoms with Crippen LogP contribution < -0.4 is 5.32 Å². The van der Waals surface area contributed by atoms with Crippen LogP contribution in [0.2, 0.25) is 0 Å². The van der Waals surface area contributed by atoms with E-state index in [9.17, 15) is 4.79 Å². The lowest BCUT2D eigenvalue weighted by molar-refractivity contribution is -0.114. The summed E-state index contributed by atoms with van der Waals surface area (Å²) in [5.74, 6) is 0.267. The number of carbonyl (C=O) groups excluding carboxylic acids is 1. The van der Waals surface area contributed by atoms with E-state index in [0.717, 1.165) is 12.1 Å². The van der Waals surface area contributed by atoms with E-state index in [2.05, 4.69) is 33.0 Å². The van der Waals surface area contributed by atoms with Gasteiger partial charge < -0.3 is 5.32 Å². The summed E-state index contributed by atoms with van der Waals surface area (Å²) in [6, 6.07) is 0.521. The van der Waals surface area contributed by atoms with Gasteiger partial charge in [0, 0.05) is 24.2 Å². The van der Waals surface area contributed by atoms with Crippen LogP contribution in [0.25, 0.3) is 0 Å². The Morgan fingerprint density at radius 2 is 1.79 bits per heavy atom. The van der Waals surface area contributed by atoms with Crippen LogP contribution in [-0.4, -0.2) is 11.8 Å². The molecule has 0 unspecified atom stereocenters. The Kier molecular flexibility index (Phi) is 1.82. The van der Waals surface area contributed by atoms with E-state index in [4.69, 9.17) is 0 Å². The fraction of sp³-hybridized carbons (Fsp3) is 0.750. The molecule has 0 bridgehead atoms. The van der Waals surface area contributed by atoms with Gasteiger partial charge in [0.1, 0.15) is 0 Å². The van der Waals surface area contributed by atoms with Gasteiger partial charge in [-0.2, -0.15) is 0 Å². The molecule has 2 nitrogen and oxygen atoms in total. The fourth-order valence-electron chi connectivity index (χ4n) is 2.45. The molecule has 0 aromatic heterocycles. The van der Waals surface area contributed by atoms with Crippen LogP contribution >= 0.6 is 0 Å². The predicted octanol–water partition coefficient (Wildman–Crippen LogP) is 2.26. The molecule has 2 rings (SSSR count). The summed E-state index contributed by atoms with van der Waals surface area (Å²) in [7, 11) is 0. The molecule has 1 N–H and O–H groups in total. The molecule has 14 heavy (non-hydrogen) atoms. The van der Waals surface area contributed by atoms with Crippen molar-refractivity contribution in [1.29, 1.82) is 0 Å². The first-order valence-electron chi connectivity index (χ1n) is 5.35. The van der Waals surface area contributed by atoms with Gasteiger partial charge in [-0.05, 0) is 17.3 Å². The normalized spacial score (nSPS) is 28.9. The Balaban J connectivity index is 2.02. The van der Waals surface area contributed by atoms with Crippen LogP contribution in [-0.2, 0) is 4.79 Å². The van der Waals surface area contributed by atoms with Crippen molar-refractivity contribution in [1.82, 2.24) is 5.32 Å². The minimum Gasteiger partial charge on any atom is -0.384 e. The molecule has 0 amide bonds. The molecule has 0 spiro atoms. The van der Waals surface area contributed by atoms with Crippen LogP contribution in [0, 0.1) is 10.8 Å². The second-order valence-electron chi connectivity index (χ2n) is 5.66. The number of rotatable bonds is 2. The van der Waals surface area contributed by atoms with Crippen molar-refractivity contribution in [2.75, 3.05) is 0 Å². The second kappa shape index (κ2) is 2.62. The van der Waals surface area contributed by atoms with Crippen molar-refractivity contribution in [2.24, 2.45) is 10.8 Å². The fourth-order valence-corrected chi connectivity index (χ4v) is 2.45. The minimum absolute atomic E-state index is 0.267. The van der Waals surface area contributed by atoms with E-state index >= 15 is 0 Å². The monoisotopic (exact) mass is 193 g/mol. The van der Waals surface area contributed by atoms with Crippen molar-refractivity contribution in [3.8, 4) is 0 Å². The molecule has 2 heteroatoms. The summed E-state index contributed by atoms with van der Waals surface area (Å²) < 4.78 is 0. The highest BCUT2D eigenvalue weighted by Crippen LogP contribution is 2.63. The zero-order valence-electron chi connectivity index (χ0n) is 9.48. The Bertz CT molecular complexity index is 298. The summed E-state index contributed by atoms with van der Waals surface area (Å²) in [6.07, 6.45) is 3.36. The Morgan fingerprint density at radius 1 is 1.21 bits per heavy atom. The van der Waals surface area contributed by atoms with E-state index in [1.165, 1.54) is 0 Å². The highest BCUT2D eigenvalue weighted by molar-refractivity contribution is 5.92. The average molecular weight is 193 g/mol. The van der Waals surface area contributed by atoms with Gasteiger partial charge in [0.25, 0.3) is 0 Å². The van der Waals surface area contributed by atoms with Gasteiger partial charge >= 0.3 is 0 Å². The second-order valence-corrected chi connectivity index (χ2v) is 5.66. The highest BCUT2D eigenvalue weighted by atomic mass is 16.1. The molecule has 0 atom stereocenters. The van der Waals surface area contributed by atoms with E-state index in [-0.39, 0.29) is 5.78 Å². The van der Waals surface area contributed by atoms with Gasteiger partial charge in [0.15, 0.2) is 5.78 Å². The van der Waals surface area contributed by atoms with Gasteiger partial charge in [-0.1, -0.05) is 27.7 Å². The third-order valence-corrected chi connectivity index (χ3v) is 4.33. The number of allylic oxidation sites excluding steroid dienone is 2. The molecule has 78 valence electrons. The third kappa shape index (κ3) is 1.20. The van der Waals surface area contributed by atoms with Gasteiger partial charge in [-0.3, -0.25) is 4.79 Å². The predicted molar refractivity (Wildman–Crippen MR) is 56.8 cm³/mol. The van der Waals surface area contributed by atoms with Crippen LogP contribution in [0.1, 0.15) is 40.5 Å². The van der Waals surface area contributed by atoms with Crippen LogP contribution in [0.4, 0.5) is 0 Å². The number of ketones is 1. The standard InChI is InChI=1S/C12H19NO/c1-11(2)10(12(11,3)4)13-8-5-6-9(14)7-8/h7,10,13H,5-6H2,1-4H3. The minimum atomic E-state index is 0.267. The zero-order chi connectivity index (χ0) is 10.6. The highest BCUT2D eigenvalue weighted by Gasteiger charge is 2.65. The molecule has 0 aromatic carbocycles. The van der Waals surface area contributed by atoms with Crippen LogP contribution in [0.3, 0.4) is 0 Å². The lowest BCUT2D eigenvalue weighted by Gasteiger charge is -2.07. The molecule has 0 aromatic rings. The molecule has 0 heterocycles. The smallest absolute Gasteiger partial charge is 0.157 e. The number of nitrogens with one attached hydrogen (secondary N) is 1. The van der Waals surface area contributed by atoms with Crippen molar-refractivity contribution < 1.29 is 4.79 Å². The summed E-state index contributed by atoms with van der Waals surface area (Å²) in [5, 5.41) is 3.50. The third-order valence-electron chi connectivity index (χ3n) is 4.33. The Labute approximate surface area is 85.8 Å². The van der Waals surface area contributed by atoms with Crippen molar-refractivity contribution in [3.05, 3.63) is 11.8 Å². The SMILES string of the molecule is CC1(C)C(NC2=CC(=O)CC2)C1(C)C. The molecule has 2 aliphatic rings. The van der Waals surface area contributed by atoms with Crippen LogP contribution in [0.5, 0.6) is 0 Å². The van der Waals surface area contributed by atoms with E-state index < -0.39 is 0 Å². The number of carbonyl (C=O) groups is 1. The molecule has 1 fully saturated rings. The molecule has 0 saturated heterocycles.